The first-order valence-corrected chi connectivity index (χ1v) is 4.64. The Morgan fingerprint density at radius 1 is 1.44 bits per heavy atom. The van der Waals surface area contributed by atoms with Gasteiger partial charge in [-0.25, -0.2) is 9.97 Å². The molecule has 6 nitrogen and oxygen atoms in total. The van der Waals surface area contributed by atoms with Crippen LogP contribution in [-0.4, -0.2) is 22.1 Å². The van der Waals surface area contributed by atoms with Crippen molar-refractivity contribution in [2.45, 2.75) is 6.23 Å². The van der Waals surface area contributed by atoms with Crippen LogP contribution in [0.25, 0.3) is 0 Å². The summed E-state index contributed by atoms with van der Waals surface area (Å²) in [5.41, 5.74) is 5.10. The molecule has 0 bridgehead atoms. The van der Waals surface area contributed by atoms with Gasteiger partial charge in [-0.1, -0.05) is 6.08 Å². The van der Waals surface area contributed by atoms with Crippen LogP contribution in [0.15, 0.2) is 42.4 Å². The average molecular weight is 218 g/mol. The highest BCUT2D eigenvalue weighted by Crippen LogP contribution is 2.11. The SMILES string of the molecule is NC(=O)C1=CC=CC(Nc2ncccn2)O1. The molecule has 0 aliphatic carbocycles. The van der Waals surface area contributed by atoms with E-state index >= 15 is 0 Å². The molecule has 16 heavy (non-hydrogen) atoms. The van der Waals surface area contributed by atoms with Crippen LogP contribution < -0.4 is 11.1 Å². The molecular formula is C10H10N4O2. The molecule has 1 aliphatic heterocycles. The molecule has 1 atom stereocenters. The van der Waals surface area contributed by atoms with E-state index < -0.39 is 12.1 Å². The van der Waals surface area contributed by atoms with Gasteiger partial charge in [0.2, 0.25) is 5.95 Å². The molecule has 1 aromatic heterocycles. The average Bonchev–Trinajstić information content (AvgIpc) is 2.30. The highest BCUT2D eigenvalue weighted by Gasteiger charge is 2.15. The van der Waals surface area contributed by atoms with Crippen molar-refractivity contribution in [2.24, 2.45) is 5.73 Å². The molecular weight excluding hydrogens is 208 g/mol. The Kier molecular flexibility index (Phi) is 2.81. The lowest BCUT2D eigenvalue weighted by molar-refractivity contribution is -0.118. The molecule has 0 spiro atoms. The van der Waals surface area contributed by atoms with Gasteiger partial charge in [0.1, 0.15) is 0 Å². The molecule has 0 fully saturated rings. The first-order chi connectivity index (χ1) is 7.75. The minimum absolute atomic E-state index is 0.107. The number of allylic oxidation sites excluding steroid dienone is 2. The zero-order valence-corrected chi connectivity index (χ0v) is 8.33. The molecule has 0 radical (unpaired) electrons. The second-order valence-corrected chi connectivity index (χ2v) is 3.04. The topological polar surface area (TPSA) is 90.1 Å². The van der Waals surface area contributed by atoms with E-state index in [4.69, 9.17) is 10.5 Å². The molecule has 82 valence electrons. The fourth-order valence-electron chi connectivity index (χ4n) is 1.18. The normalized spacial score (nSPS) is 18.5. The molecule has 2 heterocycles. The first-order valence-electron chi connectivity index (χ1n) is 4.64. The summed E-state index contributed by atoms with van der Waals surface area (Å²) >= 11 is 0. The summed E-state index contributed by atoms with van der Waals surface area (Å²) in [6.07, 6.45) is 7.63. The van der Waals surface area contributed by atoms with E-state index in [-0.39, 0.29) is 5.76 Å². The summed E-state index contributed by atoms with van der Waals surface area (Å²) in [4.78, 5) is 18.8. The van der Waals surface area contributed by atoms with Crippen molar-refractivity contribution in [2.75, 3.05) is 5.32 Å². The summed E-state index contributed by atoms with van der Waals surface area (Å²) in [6.45, 7) is 0. The second-order valence-electron chi connectivity index (χ2n) is 3.04. The van der Waals surface area contributed by atoms with Crippen molar-refractivity contribution in [3.05, 3.63) is 42.4 Å². The van der Waals surface area contributed by atoms with E-state index in [0.717, 1.165) is 0 Å². The highest BCUT2D eigenvalue weighted by molar-refractivity contribution is 5.90. The number of carbonyl (C=O) groups excluding carboxylic acids is 1. The third kappa shape index (κ3) is 2.35. The van der Waals surface area contributed by atoms with Crippen LogP contribution in [0.1, 0.15) is 0 Å². The van der Waals surface area contributed by atoms with E-state index in [1.54, 1.807) is 30.6 Å². The van der Waals surface area contributed by atoms with Crippen LogP contribution in [0.2, 0.25) is 0 Å². The standard InChI is InChI=1S/C10H10N4O2/c11-9(15)7-3-1-4-8(16-7)14-10-12-5-2-6-13-10/h1-6,8H,(H2,11,15)(H,12,13,14). The number of primary amides is 1. The number of nitrogens with one attached hydrogen (secondary N) is 1. The maximum atomic E-state index is 10.9. The van der Waals surface area contributed by atoms with E-state index in [1.165, 1.54) is 6.08 Å². The highest BCUT2D eigenvalue weighted by atomic mass is 16.5. The van der Waals surface area contributed by atoms with Gasteiger partial charge in [-0.2, -0.15) is 0 Å². The Morgan fingerprint density at radius 3 is 2.88 bits per heavy atom. The molecule has 1 unspecified atom stereocenters. The van der Waals surface area contributed by atoms with Gasteiger partial charge in [-0.3, -0.25) is 4.79 Å². The van der Waals surface area contributed by atoms with E-state index in [0.29, 0.717) is 5.95 Å². The number of ether oxygens (including phenoxy) is 1. The number of nitrogens with two attached hydrogens (primary N) is 1. The van der Waals surface area contributed by atoms with E-state index in [1.807, 2.05) is 0 Å². The van der Waals surface area contributed by atoms with Crippen LogP contribution in [0.5, 0.6) is 0 Å². The van der Waals surface area contributed by atoms with Crippen LogP contribution >= 0.6 is 0 Å². The summed E-state index contributed by atoms with van der Waals surface area (Å²) in [5, 5.41) is 2.89. The van der Waals surface area contributed by atoms with Crippen LogP contribution in [0.3, 0.4) is 0 Å². The molecule has 2 rings (SSSR count). The maximum absolute atomic E-state index is 10.9. The largest absolute Gasteiger partial charge is 0.461 e. The first kappa shape index (κ1) is 10.2. The molecule has 6 heteroatoms. The third-order valence-electron chi connectivity index (χ3n) is 1.87. The Labute approximate surface area is 91.8 Å². The number of rotatable bonds is 3. The molecule has 0 saturated heterocycles. The van der Waals surface area contributed by atoms with Gasteiger partial charge in [-0.05, 0) is 18.2 Å². The van der Waals surface area contributed by atoms with Crippen LogP contribution in [0.4, 0.5) is 5.95 Å². The molecule has 1 amide bonds. The van der Waals surface area contributed by atoms with Gasteiger partial charge in [0.15, 0.2) is 12.0 Å². The quantitative estimate of drug-likeness (QED) is 0.754. The molecule has 3 N–H and O–H groups in total. The molecule has 0 aromatic carbocycles. The van der Waals surface area contributed by atoms with Gasteiger partial charge in [-0.15, -0.1) is 0 Å². The zero-order valence-electron chi connectivity index (χ0n) is 8.33. The minimum atomic E-state index is -0.606. The van der Waals surface area contributed by atoms with Crippen molar-refractivity contribution < 1.29 is 9.53 Å². The van der Waals surface area contributed by atoms with Gasteiger partial charge >= 0.3 is 0 Å². The Hall–Kier alpha value is -2.37. The van der Waals surface area contributed by atoms with Gasteiger partial charge in [0.05, 0.1) is 0 Å². The minimum Gasteiger partial charge on any atom is -0.461 e. The lowest BCUT2D eigenvalue weighted by Crippen LogP contribution is -2.28. The number of amides is 1. The van der Waals surface area contributed by atoms with Gasteiger partial charge in [0, 0.05) is 12.4 Å². The van der Waals surface area contributed by atoms with Crippen molar-refractivity contribution in [1.29, 1.82) is 0 Å². The lowest BCUT2D eigenvalue weighted by atomic mass is 10.3. The fourth-order valence-corrected chi connectivity index (χ4v) is 1.18. The number of anilines is 1. The third-order valence-corrected chi connectivity index (χ3v) is 1.87. The van der Waals surface area contributed by atoms with Gasteiger partial charge in [0.25, 0.3) is 5.91 Å². The summed E-state index contributed by atoms with van der Waals surface area (Å²) in [5.74, 6) is -0.0797. The number of aromatic nitrogens is 2. The number of carbonyl (C=O) groups is 1. The fraction of sp³-hybridized carbons (Fsp3) is 0.100. The van der Waals surface area contributed by atoms with E-state index in [2.05, 4.69) is 15.3 Å². The predicted molar refractivity (Wildman–Crippen MR) is 56.9 cm³/mol. The van der Waals surface area contributed by atoms with Crippen LogP contribution in [-0.2, 0) is 9.53 Å². The second kappa shape index (κ2) is 4.43. The maximum Gasteiger partial charge on any atom is 0.283 e. The van der Waals surface area contributed by atoms with Crippen molar-refractivity contribution >= 4 is 11.9 Å². The molecule has 1 aliphatic rings. The monoisotopic (exact) mass is 218 g/mol. The number of nitrogens with zero attached hydrogens (tertiary/aromatic N) is 2. The lowest BCUT2D eigenvalue weighted by Gasteiger charge is -2.19. The summed E-state index contributed by atoms with van der Waals surface area (Å²) in [7, 11) is 0. The molecule has 0 saturated carbocycles. The Balaban J connectivity index is 2.02. The Morgan fingerprint density at radius 2 is 2.19 bits per heavy atom. The molecule has 1 aromatic rings. The zero-order chi connectivity index (χ0) is 11.4. The number of hydrogen-bond donors (Lipinski definition) is 2. The summed E-state index contributed by atoms with van der Waals surface area (Å²) in [6, 6.07) is 1.71. The van der Waals surface area contributed by atoms with Gasteiger partial charge < -0.3 is 15.8 Å². The van der Waals surface area contributed by atoms with E-state index in [9.17, 15) is 4.79 Å². The van der Waals surface area contributed by atoms with Crippen molar-refractivity contribution in [1.82, 2.24) is 9.97 Å². The smallest absolute Gasteiger partial charge is 0.283 e. The summed E-state index contributed by atoms with van der Waals surface area (Å²) < 4.78 is 5.26. The van der Waals surface area contributed by atoms with Crippen molar-refractivity contribution in [3.8, 4) is 0 Å². The van der Waals surface area contributed by atoms with Crippen LogP contribution in [0, 0.1) is 0 Å². The van der Waals surface area contributed by atoms with Crippen molar-refractivity contribution in [3.63, 3.8) is 0 Å². The number of hydrogen-bond acceptors (Lipinski definition) is 5. The predicted octanol–water partition coefficient (Wildman–Crippen LogP) is 0.170. The Bertz CT molecular complexity index is 441.